The Hall–Kier alpha value is -6.18. The number of methoxy groups -OCH3 is 1. The van der Waals surface area contributed by atoms with Gasteiger partial charge in [-0.3, -0.25) is 23.6 Å². The number of imidazole rings is 1. The molecule has 1 aromatic heterocycles. The van der Waals surface area contributed by atoms with E-state index in [2.05, 4.69) is 0 Å². The van der Waals surface area contributed by atoms with Crippen molar-refractivity contribution in [2.75, 3.05) is 7.11 Å². The Morgan fingerprint density at radius 3 is 1.79 bits per heavy atom. The highest BCUT2D eigenvalue weighted by Crippen LogP contribution is 2.27. The number of carboxylic acids is 1. The van der Waals surface area contributed by atoms with Gasteiger partial charge in [-0.25, -0.2) is 27.2 Å². The third kappa shape index (κ3) is 12.9. The van der Waals surface area contributed by atoms with Gasteiger partial charge in [-0.05, 0) is 130 Å². The first-order valence-corrected chi connectivity index (χ1v) is 20.2. The molecule has 2 heterocycles. The fourth-order valence-electron chi connectivity index (χ4n) is 7.17. The number of rotatable bonds is 18. The summed E-state index contributed by atoms with van der Waals surface area (Å²) in [7, 11) is 1.61. The third-order valence-corrected chi connectivity index (χ3v) is 10.3. The lowest BCUT2D eigenvalue weighted by molar-refractivity contribution is -0.152. The molecule has 1 atom stereocenters. The van der Waals surface area contributed by atoms with Crippen LogP contribution < -0.4 is 15.2 Å². The van der Waals surface area contributed by atoms with Crippen molar-refractivity contribution < 1.29 is 46.5 Å². The monoisotopic (exact) mass is 845 g/mol. The molecule has 1 unspecified atom stereocenters. The molecule has 0 radical (unpaired) electrons. The Kier molecular flexibility index (Phi) is 15.7. The van der Waals surface area contributed by atoms with Crippen LogP contribution in [-0.4, -0.2) is 49.6 Å². The first-order valence-electron chi connectivity index (χ1n) is 20.2. The second kappa shape index (κ2) is 20.9. The molecule has 0 spiro atoms. The number of ether oxygens (including phenoxy) is 2. The normalized spacial score (nSPS) is 13.9. The Morgan fingerprint density at radius 1 is 0.738 bits per heavy atom. The number of aromatic nitrogens is 2. The van der Waals surface area contributed by atoms with E-state index in [-0.39, 0.29) is 48.5 Å². The van der Waals surface area contributed by atoms with Crippen molar-refractivity contribution in [3.05, 3.63) is 153 Å². The molecule has 10 nitrogen and oxygen atoms in total. The van der Waals surface area contributed by atoms with Crippen LogP contribution in [0.2, 0.25) is 0 Å². The number of nitrogens with zero attached hydrogens (tertiary/aromatic N) is 3. The van der Waals surface area contributed by atoms with E-state index in [9.17, 15) is 41.8 Å². The van der Waals surface area contributed by atoms with Gasteiger partial charge in [0.05, 0.1) is 20.2 Å². The minimum atomic E-state index is -1.31. The number of carbonyl (C=O) groups is 3. The second-order valence-electron chi connectivity index (χ2n) is 15.6. The minimum Gasteiger partial charge on any atom is -0.497 e. The predicted octanol–water partition coefficient (Wildman–Crippen LogP) is 8.68. The molecule has 1 N–H and O–H groups in total. The molecular formula is C47H51F4N3O7. The summed E-state index contributed by atoms with van der Waals surface area (Å²) in [6.07, 6.45) is 7.13. The zero-order valence-corrected chi connectivity index (χ0v) is 34.8. The molecule has 6 rings (SSSR count). The van der Waals surface area contributed by atoms with E-state index in [1.54, 1.807) is 30.0 Å². The lowest BCUT2D eigenvalue weighted by atomic mass is 9.98. The van der Waals surface area contributed by atoms with E-state index >= 15 is 0 Å². The summed E-state index contributed by atoms with van der Waals surface area (Å²) in [5.74, 6) is -3.46. The fourth-order valence-corrected chi connectivity index (χ4v) is 7.17. The van der Waals surface area contributed by atoms with Crippen LogP contribution in [0.1, 0.15) is 80.8 Å². The number of aryl methyl sites for hydroxylation is 3. The lowest BCUT2D eigenvalue weighted by Crippen LogP contribution is -2.37. The maximum Gasteiger partial charge on any atom is 0.347 e. The van der Waals surface area contributed by atoms with Crippen LogP contribution in [0, 0.1) is 29.2 Å². The van der Waals surface area contributed by atoms with Gasteiger partial charge in [-0.15, -0.1) is 0 Å². The van der Waals surface area contributed by atoms with Crippen molar-refractivity contribution >= 4 is 17.8 Å². The highest BCUT2D eigenvalue weighted by atomic mass is 19.1. The molecule has 1 aliphatic heterocycles. The smallest absolute Gasteiger partial charge is 0.347 e. The molecule has 0 bridgehead atoms. The van der Waals surface area contributed by atoms with Crippen molar-refractivity contribution in [1.82, 2.24) is 14.0 Å². The van der Waals surface area contributed by atoms with Gasteiger partial charge in [0.15, 0.2) is 5.60 Å². The molecule has 324 valence electrons. The van der Waals surface area contributed by atoms with E-state index in [1.807, 2.05) is 43.3 Å². The van der Waals surface area contributed by atoms with Crippen LogP contribution in [-0.2, 0) is 53.3 Å². The fraction of sp³-hybridized carbons (Fsp3) is 0.362. The van der Waals surface area contributed by atoms with Gasteiger partial charge in [0, 0.05) is 42.9 Å². The molecule has 0 aliphatic carbocycles. The SMILES string of the molecule is CCCn1c(CCCc2ccc(OC(C)(C)C(=O)O)cc2)cn(Cc2cc(F)cc(F)c2)c1=O.COc1ccc(CCCC2CC(=O)N(Cc3cc(F)cc(F)c3)C2=O)cc1. The van der Waals surface area contributed by atoms with Crippen molar-refractivity contribution in [3.8, 4) is 11.5 Å². The average Bonchev–Trinajstić information content (AvgIpc) is 3.63. The zero-order chi connectivity index (χ0) is 44.3. The summed E-state index contributed by atoms with van der Waals surface area (Å²) in [6.45, 7) is 5.56. The van der Waals surface area contributed by atoms with Crippen LogP contribution in [0.25, 0.3) is 0 Å². The second-order valence-corrected chi connectivity index (χ2v) is 15.6. The summed E-state index contributed by atoms with van der Waals surface area (Å²) in [4.78, 5) is 49.9. The molecule has 61 heavy (non-hydrogen) atoms. The number of likely N-dealkylation sites (tertiary alicyclic amines) is 1. The van der Waals surface area contributed by atoms with Gasteiger partial charge in [0.25, 0.3) is 0 Å². The van der Waals surface area contributed by atoms with Gasteiger partial charge in [-0.2, -0.15) is 0 Å². The number of amides is 2. The van der Waals surface area contributed by atoms with E-state index in [0.717, 1.165) is 83.8 Å². The number of carbonyl (C=O) groups excluding carboxylic acids is 2. The molecule has 2 amide bonds. The molecule has 0 saturated carbocycles. The Bertz CT molecular complexity index is 2320. The van der Waals surface area contributed by atoms with Crippen molar-refractivity contribution in [3.63, 3.8) is 0 Å². The maximum absolute atomic E-state index is 13.5. The van der Waals surface area contributed by atoms with E-state index in [1.165, 1.54) is 30.5 Å². The van der Waals surface area contributed by atoms with Crippen molar-refractivity contribution in [2.24, 2.45) is 5.92 Å². The summed E-state index contributed by atoms with van der Waals surface area (Å²) in [5, 5.41) is 9.19. The first kappa shape index (κ1) is 45.9. The topological polar surface area (TPSA) is 120 Å². The molecule has 5 aromatic rings. The van der Waals surface area contributed by atoms with Crippen molar-refractivity contribution in [2.45, 2.75) is 97.4 Å². The zero-order valence-electron chi connectivity index (χ0n) is 34.8. The number of benzene rings is 4. The highest BCUT2D eigenvalue weighted by molar-refractivity contribution is 6.03. The Morgan fingerprint density at radius 2 is 1.26 bits per heavy atom. The molecule has 1 saturated heterocycles. The predicted molar refractivity (Wildman–Crippen MR) is 221 cm³/mol. The average molecular weight is 846 g/mol. The first-order chi connectivity index (χ1) is 29.0. The number of imide groups is 1. The van der Waals surface area contributed by atoms with Crippen LogP contribution in [0.4, 0.5) is 17.6 Å². The van der Waals surface area contributed by atoms with Gasteiger partial charge >= 0.3 is 11.7 Å². The molecule has 1 aliphatic rings. The quantitative estimate of drug-likeness (QED) is 0.0693. The number of hydrogen-bond acceptors (Lipinski definition) is 6. The summed E-state index contributed by atoms with van der Waals surface area (Å²) in [6, 6.07) is 21.4. The van der Waals surface area contributed by atoms with Crippen LogP contribution in [0.15, 0.2) is 95.9 Å². The Balaban J connectivity index is 0.000000237. The molecule has 4 aromatic carbocycles. The van der Waals surface area contributed by atoms with E-state index in [4.69, 9.17) is 9.47 Å². The van der Waals surface area contributed by atoms with Gasteiger partial charge in [-0.1, -0.05) is 31.2 Å². The molecule has 14 heteroatoms. The summed E-state index contributed by atoms with van der Waals surface area (Å²) >= 11 is 0. The number of halogens is 4. The molecule has 1 fully saturated rings. The van der Waals surface area contributed by atoms with Crippen LogP contribution >= 0.6 is 0 Å². The van der Waals surface area contributed by atoms with Gasteiger partial charge in [0.1, 0.15) is 34.8 Å². The standard InChI is InChI=1S/C26H30F2N2O4.C21H21F2NO3/c1-4-12-30-22(17-29(25(30)33)16-19-13-20(27)15-21(28)14-19)7-5-6-18-8-10-23(11-9-18)34-26(2,3)24(31)32;1-27-19-7-5-14(6-8-19)3-2-4-16-11-20(25)24(21(16)26)13-15-9-17(22)12-18(23)10-15/h8-11,13-15,17H,4-7,12,16H2,1-3H3,(H,31,32);5-10,12,16H,2-4,11,13H2,1H3. The van der Waals surface area contributed by atoms with Crippen molar-refractivity contribution in [1.29, 1.82) is 0 Å². The highest BCUT2D eigenvalue weighted by Gasteiger charge is 2.38. The largest absolute Gasteiger partial charge is 0.497 e. The lowest BCUT2D eigenvalue weighted by Gasteiger charge is -2.21. The number of hydrogen-bond donors (Lipinski definition) is 1. The third-order valence-electron chi connectivity index (χ3n) is 10.3. The van der Waals surface area contributed by atoms with Crippen LogP contribution in [0.5, 0.6) is 11.5 Å². The molecular weight excluding hydrogens is 795 g/mol. The number of carboxylic acid groups (broad SMARTS) is 1. The van der Waals surface area contributed by atoms with Gasteiger partial charge < -0.3 is 14.6 Å². The Labute approximate surface area is 352 Å². The summed E-state index contributed by atoms with van der Waals surface area (Å²) in [5.41, 5.74) is 2.26. The maximum atomic E-state index is 13.5. The van der Waals surface area contributed by atoms with Crippen LogP contribution in [0.3, 0.4) is 0 Å². The van der Waals surface area contributed by atoms with Gasteiger partial charge in [0.2, 0.25) is 11.8 Å². The number of aliphatic carboxylic acids is 1. The minimum absolute atomic E-state index is 0.0959. The van der Waals surface area contributed by atoms with E-state index in [0.29, 0.717) is 30.7 Å². The summed E-state index contributed by atoms with van der Waals surface area (Å²) < 4.78 is 67.6. The van der Waals surface area contributed by atoms with E-state index < -0.39 is 34.8 Å².